The Morgan fingerprint density at radius 3 is 1.42 bits per heavy atom. The van der Waals surface area contributed by atoms with E-state index >= 15 is 0 Å². The smallest absolute Gasteiger partial charge is 0.305 e. The first kappa shape index (κ1) is 30.5. The van der Waals surface area contributed by atoms with E-state index in [2.05, 4.69) is 27.7 Å². The monoisotopic (exact) mass is 438 g/mol. The van der Waals surface area contributed by atoms with Crippen molar-refractivity contribution in [3.63, 3.8) is 0 Å². The molecule has 0 aliphatic carbocycles. The molecule has 0 amide bonds. The average Bonchev–Trinajstić information content (AvgIpc) is 2.77. The lowest BCUT2D eigenvalue weighted by Gasteiger charge is -2.29. The maximum absolute atomic E-state index is 12.2. The molecule has 0 radical (unpaired) electrons. The van der Waals surface area contributed by atoms with E-state index in [1.165, 1.54) is 128 Å². The summed E-state index contributed by atoms with van der Waals surface area (Å²) < 4.78 is 5.73. The minimum absolute atomic E-state index is 0.0272. The molecule has 0 fully saturated rings. The molecular formula is C29H58O2. The topological polar surface area (TPSA) is 26.3 Å². The number of carbonyl (C=O) groups excluding carboxylic acids is 1. The van der Waals surface area contributed by atoms with Crippen molar-refractivity contribution in [3.8, 4) is 0 Å². The third-order valence-electron chi connectivity index (χ3n) is 6.83. The van der Waals surface area contributed by atoms with Gasteiger partial charge in [-0.05, 0) is 19.3 Å². The SMILES string of the molecule is CCCCCCCCCCCCCCCC(=O)OCC(C)(CCCC)CCCCCC. The van der Waals surface area contributed by atoms with Gasteiger partial charge in [-0.25, -0.2) is 0 Å². The average molecular weight is 439 g/mol. The highest BCUT2D eigenvalue weighted by Crippen LogP contribution is 2.31. The van der Waals surface area contributed by atoms with Crippen LogP contribution in [0.5, 0.6) is 0 Å². The van der Waals surface area contributed by atoms with Gasteiger partial charge >= 0.3 is 5.97 Å². The van der Waals surface area contributed by atoms with Crippen molar-refractivity contribution in [2.24, 2.45) is 5.41 Å². The molecule has 0 spiro atoms. The predicted octanol–water partition coefficient (Wildman–Crippen LogP) is 10.2. The van der Waals surface area contributed by atoms with E-state index in [0.29, 0.717) is 13.0 Å². The van der Waals surface area contributed by atoms with E-state index in [1.54, 1.807) is 0 Å². The van der Waals surface area contributed by atoms with Crippen LogP contribution in [0, 0.1) is 5.41 Å². The van der Waals surface area contributed by atoms with Crippen LogP contribution >= 0.6 is 0 Å². The molecule has 0 saturated carbocycles. The minimum Gasteiger partial charge on any atom is -0.465 e. The number of ether oxygens (including phenoxy) is 1. The van der Waals surface area contributed by atoms with E-state index in [0.717, 1.165) is 6.42 Å². The fourth-order valence-electron chi connectivity index (χ4n) is 4.47. The highest BCUT2D eigenvalue weighted by Gasteiger charge is 2.25. The zero-order chi connectivity index (χ0) is 23.0. The van der Waals surface area contributed by atoms with Crippen LogP contribution in [0.3, 0.4) is 0 Å². The predicted molar refractivity (Wildman–Crippen MR) is 138 cm³/mol. The van der Waals surface area contributed by atoms with Gasteiger partial charge in [-0.1, -0.05) is 143 Å². The highest BCUT2D eigenvalue weighted by atomic mass is 16.5. The second kappa shape index (κ2) is 22.7. The Balaban J connectivity index is 3.68. The number of esters is 1. The Hall–Kier alpha value is -0.530. The first-order valence-corrected chi connectivity index (χ1v) is 14.2. The Bertz CT molecular complexity index is 379. The van der Waals surface area contributed by atoms with Crippen LogP contribution in [0.25, 0.3) is 0 Å². The maximum atomic E-state index is 12.2. The molecule has 2 nitrogen and oxygen atoms in total. The summed E-state index contributed by atoms with van der Waals surface area (Å²) >= 11 is 0. The summed E-state index contributed by atoms with van der Waals surface area (Å²) in [5.41, 5.74) is 0.176. The van der Waals surface area contributed by atoms with E-state index in [9.17, 15) is 4.79 Å². The normalized spacial score (nSPS) is 13.3. The van der Waals surface area contributed by atoms with E-state index in [4.69, 9.17) is 4.74 Å². The second-order valence-corrected chi connectivity index (χ2v) is 10.4. The fourth-order valence-corrected chi connectivity index (χ4v) is 4.47. The van der Waals surface area contributed by atoms with Crippen LogP contribution in [0.4, 0.5) is 0 Å². The minimum atomic E-state index is 0.0272. The van der Waals surface area contributed by atoms with Crippen LogP contribution in [-0.2, 0) is 9.53 Å². The first-order chi connectivity index (χ1) is 15.1. The quantitative estimate of drug-likeness (QED) is 0.111. The lowest BCUT2D eigenvalue weighted by molar-refractivity contribution is -0.147. The Kier molecular flexibility index (Phi) is 22.3. The maximum Gasteiger partial charge on any atom is 0.305 e. The lowest BCUT2D eigenvalue weighted by atomic mass is 9.80. The van der Waals surface area contributed by atoms with E-state index < -0.39 is 0 Å². The molecule has 186 valence electrons. The molecule has 0 aromatic carbocycles. The van der Waals surface area contributed by atoms with Gasteiger partial charge in [-0.2, -0.15) is 0 Å². The molecule has 2 heteroatoms. The van der Waals surface area contributed by atoms with Crippen molar-refractivity contribution in [1.82, 2.24) is 0 Å². The molecule has 0 aliphatic rings. The first-order valence-electron chi connectivity index (χ1n) is 14.2. The van der Waals surface area contributed by atoms with E-state index in [-0.39, 0.29) is 11.4 Å². The number of rotatable bonds is 24. The van der Waals surface area contributed by atoms with Gasteiger partial charge in [0.15, 0.2) is 0 Å². The molecule has 0 saturated heterocycles. The van der Waals surface area contributed by atoms with Crippen molar-refractivity contribution in [1.29, 1.82) is 0 Å². The molecule has 0 aliphatic heterocycles. The molecule has 31 heavy (non-hydrogen) atoms. The zero-order valence-corrected chi connectivity index (χ0v) is 22.1. The van der Waals surface area contributed by atoms with Gasteiger partial charge in [0.05, 0.1) is 6.61 Å². The summed E-state index contributed by atoms with van der Waals surface area (Å²) in [4.78, 5) is 12.2. The van der Waals surface area contributed by atoms with Gasteiger partial charge in [0.25, 0.3) is 0 Å². The van der Waals surface area contributed by atoms with Crippen LogP contribution in [0.1, 0.15) is 169 Å². The Labute approximate surface area is 196 Å². The summed E-state index contributed by atoms with van der Waals surface area (Å²) in [5, 5.41) is 0. The highest BCUT2D eigenvalue weighted by molar-refractivity contribution is 5.69. The molecular weight excluding hydrogens is 380 g/mol. The fraction of sp³-hybridized carbons (Fsp3) is 0.966. The molecule has 0 aromatic rings. The number of carbonyl (C=O) groups is 1. The Morgan fingerprint density at radius 2 is 0.935 bits per heavy atom. The van der Waals surface area contributed by atoms with Gasteiger partial charge in [0.2, 0.25) is 0 Å². The van der Waals surface area contributed by atoms with Gasteiger partial charge in [-0.15, -0.1) is 0 Å². The van der Waals surface area contributed by atoms with Crippen LogP contribution in [0.15, 0.2) is 0 Å². The van der Waals surface area contributed by atoms with Crippen molar-refractivity contribution in [3.05, 3.63) is 0 Å². The summed E-state index contributed by atoms with van der Waals surface area (Å²) in [7, 11) is 0. The summed E-state index contributed by atoms with van der Waals surface area (Å²) in [6.07, 6.45) is 28.0. The van der Waals surface area contributed by atoms with Crippen LogP contribution in [-0.4, -0.2) is 12.6 Å². The zero-order valence-electron chi connectivity index (χ0n) is 22.1. The van der Waals surface area contributed by atoms with Gasteiger partial charge in [0, 0.05) is 11.8 Å². The van der Waals surface area contributed by atoms with Crippen molar-refractivity contribution >= 4 is 5.97 Å². The Morgan fingerprint density at radius 1 is 0.548 bits per heavy atom. The third kappa shape index (κ3) is 21.1. The largest absolute Gasteiger partial charge is 0.465 e. The van der Waals surface area contributed by atoms with Crippen molar-refractivity contribution in [2.45, 2.75) is 169 Å². The summed E-state index contributed by atoms with van der Waals surface area (Å²) in [5.74, 6) is 0.0272. The standard InChI is InChI=1S/C29H58O2/c1-5-8-11-13-14-15-16-17-18-19-20-21-22-24-28(30)31-27-29(4,25-10-7-3)26-23-12-9-6-2/h5-27H2,1-4H3. The van der Waals surface area contributed by atoms with E-state index in [1.807, 2.05) is 0 Å². The molecule has 1 unspecified atom stereocenters. The second-order valence-electron chi connectivity index (χ2n) is 10.4. The number of hydrogen-bond acceptors (Lipinski definition) is 2. The molecule has 0 aromatic heterocycles. The lowest BCUT2D eigenvalue weighted by Crippen LogP contribution is -2.25. The molecule has 0 rings (SSSR count). The summed E-state index contributed by atoms with van der Waals surface area (Å²) in [6, 6.07) is 0. The van der Waals surface area contributed by atoms with Gasteiger partial charge in [0.1, 0.15) is 0 Å². The van der Waals surface area contributed by atoms with Crippen molar-refractivity contribution in [2.75, 3.05) is 6.61 Å². The molecule has 0 bridgehead atoms. The molecule has 1 atom stereocenters. The number of unbranched alkanes of at least 4 members (excludes halogenated alkanes) is 16. The van der Waals surface area contributed by atoms with Crippen LogP contribution in [0.2, 0.25) is 0 Å². The van der Waals surface area contributed by atoms with Crippen molar-refractivity contribution < 1.29 is 9.53 Å². The third-order valence-corrected chi connectivity index (χ3v) is 6.83. The van der Waals surface area contributed by atoms with Gasteiger partial charge in [-0.3, -0.25) is 4.79 Å². The molecule has 0 N–H and O–H groups in total. The van der Waals surface area contributed by atoms with Crippen LogP contribution < -0.4 is 0 Å². The molecule has 0 heterocycles. The summed E-state index contributed by atoms with van der Waals surface area (Å²) in [6.45, 7) is 9.74. The van der Waals surface area contributed by atoms with Gasteiger partial charge < -0.3 is 4.74 Å². The number of hydrogen-bond donors (Lipinski definition) is 0.